The van der Waals surface area contributed by atoms with Crippen LogP contribution in [0.15, 0.2) is 0 Å². The van der Waals surface area contributed by atoms with Crippen LogP contribution in [0.5, 0.6) is 0 Å². The third kappa shape index (κ3) is 7.34. The molecule has 0 radical (unpaired) electrons. The van der Waals surface area contributed by atoms with Crippen LogP contribution in [0.25, 0.3) is 0 Å². The van der Waals surface area contributed by atoms with E-state index in [0.29, 0.717) is 12.0 Å². The molecule has 86 valence electrons. The maximum Gasteiger partial charge on any atom is 0.0480 e. The molecule has 0 rings (SSSR count). The number of ether oxygens (including phenoxy) is 1. The van der Waals surface area contributed by atoms with Gasteiger partial charge < -0.3 is 10.1 Å². The number of hydrogen-bond donors (Lipinski definition) is 1. The molecule has 0 bridgehead atoms. The van der Waals surface area contributed by atoms with Gasteiger partial charge in [-0.3, -0.25) is 0 Å². The van der Waals surface area contributed by atoms with E-state index in [1.807, 2.05) is 0 Å². The SMILES string of the molecule is CCCCOCCC(NCC)C(C)C. The molecule has 1 N–H and O–H groups in total. The topological polar surface area (TPSA) is 21.3 Å². The van der Waals surface area contributed by atoms with Crippen LogP contribution in [-0.4, -0.2) is 25.8 Å². The average molecular weight is 201 g/mol. The van der Waals surface area contributed by atoms with Crippen LogP contribution in [-0.2, 0) is 4.74 Å². The Morgan fingerprint density at radius 1 is 1.14 bits per heavy atom. The van der Waals surface area contributed by atoms with Gasteiger partial charge in [-0.25, -0.2) is 0 Å². The second-order valence-corrected chi connectivity index (χ2v) is 4.16. The molecule has 0 spiro atoms. The lowest BCUT2D eigenvalue weighted by Crippen LogP contribution is -2.34. The highest BCUT2D eigenvalue weighted by Crippen LogP contribution is 2.06. The summed E-state index contributed by atoms with van der Waals surface area (Å²) in [5.74, 6) is 0.699. The first-order chi connectivity index (χ1) is 6.72. The van der Waals surface area contributed by atoms with Gasteiger partial charge in [0.15, 0.2) is 0 Å². The van der Waals surface area contributed by atoms with Crippen LogP contribution in [0.3, 0.4) is 0 Å². The Morgan fingerprint density at radius 3 is 2.36 bits per heavy atom. The lowest BCUT2D eigenvalue weighted by atomic mass is 10.0. The summed E-state index contributed by atoms with van der Waals surface area (Å²) in [6, 6.07) is 0.613. The highest BCUT2D eigenvalue weighted by atomic mass is 16.5. The summed E-state index contributed by atoms with van der Waals surface area (Å²) in [6.45, 7) is 11.8. The summed E-state index contributed by atoms with van der Waals surface area (Å²) in [5.41, 5.74) is 0. The van der Waals surface area contributed by atoms with Gasteiger partial charge >= 0.3 is 0 Å². The van der Waals surface area contributed by atoms with Crippen molar-refractivity contribution in [2.75, 3.05) is 19.8 Å². The van der Waals surface area contributed by atoms with Crippen LogP contribution in [0.4, 0.5) is 0 Å². The molecule has 0 saturated heterocycles. The quantitative estimate of drug-likeness (QED) is 0.579. The van der Waals surface area contributed by atoms with Gasteiger partial charge in [0, 0.05) is 19.3 Å². The predicted octanol–water partition coefficient (Wildman–Crippen LogP) is 2.83. The summed E-state index contributed by atoms with van der Waals surface area (Å²) < 4.78 is 5.56. The number of hydrogen-bond acceptors (Lipinski definition) is 2. The lowest BCUT2D eigenvalue weighted by molar-refractivity contribution is 0.116. The smallest absolute Gasteiger partial charge is 0.0480 e. The molecule has 0 aliphatic heterocycles. The molecule has 2 nitrogen and oxygen atoms in total. The van der Waals surface area contributed by atoms with Gasteiger partial charge in [0.1, 0.15) is 0 Å². The van der Waals surface area contributed by atoms with Crippen molar-refractivity contribution < 1.29 is 4.74 Å². The Kier molecular flexibility index (Phi) is 9.42. The molecule has 0 aliphatic carbocycles. The molecule has 1 unspecified atom stereocenters. The molecule has 14 heavy (non-hydrogen) atoms. The van der Waals surface area contributed by atoms with Gasteiger partial charge in [-0.05, 0) is 25.3 Å². The molecule has 0 saturated carbocycles. The number of nitrogens with one attached hydrogen (secondary N) is 1. The maximum absolute atomic E-state index is 5.56. The lowest BCUT2D eigenvalue weighted by Gasteiger charge is -2.21. The molecule has 0 fully saturated rings. The molecule has 2 heteroatoms. The van der Waals surface area contributed by atoms with E-state index in [1.54, 1.807) is 0 Å². The second kappa shape index (κ2) is 9.47. The van der Waals surface area contributed by atoms with Gasteiger partial charge in [0.05, 0.1) is 0 Å². The fourth-order valence-corrected chi connectivity index (χ4v) is 1.49. The van der Waals surface area contributed by atoms with Gasteiger partial charge in [-0.1, -0.05) is 34.1 Å². The molecule has 0 aliphatic rings. The van der Waals surface area contributed by atoms with Crippen LogP contribution in [0, 0.1) is 5.92 Å². The zero-order valence-electron chi connectivity index (χ0n) is 10.3. The summed E-state index contributed by atoms with van der Waals surface area (Å²) in [4.78, 5) is 0. The summed E-state index contributed by atoms with van der Waals surface area (Å²) >= 11 is 0. The first-order valence-corrected chi connectivity index (χ1v) is 6.03. The maximum atomic E-state index is 5.56. The Morgan fingerprint density at radius 2 is 1.86 bits per heavy atom. The largest absolute Gasteiger partial charge is 0.381 e. The predicted molar refractivity (Wildman–Crippen MR) is 62.6 cm³/mol. The van der Waals surface area contributed by atoms with Crippen LogP contribution in [0.1, 0.15) is 47.0 Å². The summed E-state index contributed by atoms with van der Waals surface area (Å²) in [5, 5.41) is 3.49. The van der Waals surface area contributed by atoms with E-state index in [9.17, 15) is 0 Å². The van der Waals surface area contributed by atoms with Crippen molar-refractivity contribution in [2.24, 2.45) is 5.92 Å². The van der Waals surface area contributed by atoms with Gasteiger partial charge in [-0.15, -0.1) is 0 Å². The van der Waals surface area contributed by atoms with Gasteiger partial charge in [-0.2, -0.15) is 0 Å². The van der Waals surface area contributed by atoms with Crippen molar-refractivity contribution in [3.8, 4) is 0 Å². The number of unbranched alkanes of at least 4 members (excludes halogenated alkanes) is 1. The van der Waals surface area contributed by atoms with E-state index in [1.165, 1.54) is 12.8 Å². The van der Waals surface area contributed by atoms with Crippen molar-refractivity contribution in [3.63, 3.8) is 0 Å². The molecular weight excluding hydrogens is 174 g/mol. The molecule has 0 aromatic heterocycles. The number of rotatable bonds is 9. The minimum Gasteiger partial charge on any atom is -0.381 e. The molecular formula is C12H27NO. The normalized spacial score (nSPS) is 13.5. The van der Waals surface area contributed by atoms with Crippen molar-refractivity contribution in [3.05, 3.63) is 0 Å². The van der Waals surface area contributed by atoms with E-state index in [0.717, 1.165) is 26.2 Å². The Hall–Kier alpha value is -0.0800. The molecule has 0 amide bonds. The fourth-order valence-electron chi connectivity index (χ4n) is 1.49. The van der Waals surface area contributed by atoms with Crippen LogP contribution >= 0.6 is 0 Å². The molecule has 0 aromatic rings. The monoisotopic (exact) mass is 201 g/mol. The first-order valence-electron chi connectivity index (χ1n) is 6.03. The van der Waals surface area contributed by atoms with Crippen molar-refractivity contribution in [1.29, 1.82) is 0 Å². The van der Waals surface area contributed by atoms with Crippen LogP contribution < -0.4 is 5.32 Å². The Labute approximate surface area is 89.4 Å². The third-order valence-corrected chi connectivity index (χ3v) is 2.49. The fraction of sp³-hybridized carbons (Fsp3) is 1.00. The zero-order chi connectivity index (χ0) is 10.8. The Balaban J connectivity index is 3.41. The highest BCUT2D eigenvalue weighted by Gasteiger charge is 2.10. The molecule has 0 aromatic carbocycles. The van der Waals surface area contributed by atoms with Crippen molar-refractivity contribution in [2.45, 2.75) is 53.0 Å². The van der Waals surface area contributed by atoms with E-state index in [-0.39, 0.29) is 0 Å². The van der Waals surface area contributed by atoms with Gasteiger partial charge in [0.25, 0.3) is 0 Å². The third-order valence-electron chi connectivity index (χ3n) is 2.49. The average Bonchev–Trinajstić information content (AvgIpc) is 2.15. The van der Waals surface area contributed by atoms with E-state index in [4.69, 9.17) is 4.74 Å². The first kappa shape index (κ1) is 13.9. The van der Waals surface area contributed by atoms with E-state index < -0.39 is 0 Å². The van der Waals surface area contributed by atoms with Crippen molar-refractivity contribution >= 4 is 0 Å². The van der Waals surface area contributed by atoms with E-state index >= 15 is 0 Å². The van der Waals surface area contributed by atoms with Crippen molar-refractivity contribution in [1.82, 2.24) is 5.32 Å². The molecule has 1 atom stereocenters. The summed E-state index contributed by atoms with van der Waals surface area (Å²) in [6.07, 6.45) is 3.55. The van der Waals surface area contributed by atoms with Gasteiger partial charge in [0.2, 0.25) is 0 Å². The second-order valence-electron chi connectivity index (χ2n) is 4.16. The minimum atomic E-state index is 0.613. The minimum absolute atomic E-state index is 0.613. The zero-order valence-corrected chi connectivity index (χ0v) is 10.3. The molecule has 0 heterocycles. The standard InChI is InChI=1S/C12H27NO/c1-5-7-9-14-10-8-12(11(3)4)13-6-2/h11-13H,5-10H2,1-4H3. The summed E-state index contributed by atoms with van der Waals surface area (Å²) in [7, 11) is 0. The Bertz CT molecular complexity index is 115. The van der Waals surface area contributed by atoms with Crippen LogP contribution in [0.2, 0.25) is 0 Å². The van der Waals surface area contributed by atoms with E-state index in [2.05, 4.69) is 33.0 Å². The highest BCUT2D eigenvalue weighted by molar-refractivity contribution is 4.69.